The van der Waals surface area contributed by atoms with E-state index in [4.69, 9.17) is 10.8 Å². The number of carbonyl (C=O) groups is 2. The van der Waals surface area contributed by atoms with Crippen LogP contribution in [0.3, 0.4) is 0 Å². The Morgan fingerprint density at radius 2 is 1.76 bits per heavy atom. The molecular weight excluding hydrogens is 266 g/mol. The third-order valence-electron chi connectivity index (χ3n) is 3.27. The molecule has 0 bridgehead atoms. The molecule has 1 aromatic rings. The van der Waals surface area contributed by atoms with Crippen LogP contribution >= 0.6 is 0 Å². The van der Waals surface area contributed by atoms with E-state index in [0.29, 0.717) is 12.8 Å². The van der Waals surface area contributed by atoms with E-state index in [2.05, 4.69) is 0 Å². The lowest BCUT2D eigenvalue weighted by Gasteiger charge is -2.05. The zero-order chi connectivity index (χ0) is 15.5. The first-order valence-electron chi connectivity index (χ1n) is 7.34. The molecule has 0 spiro atoms. The van der Waals surface area contributed by atoms with Gasteiger partial charge >= 0.3 is 5.97 Å². The molecule has 1 unspecified atom stereocenters. The molecule has 3 N–H and O–H groups in total. The van der Waals surface area contributed by atoms with Gasteiger partial charge in [-0.1, -0.05) is 55.7 Å². The molecule has 21 heavy (non-hydrogen) atoms. The standard InChI is InChI=1S/C17H23NO3/c18-16(17(20)21)11-7-2-1-6-10-15(19)13-12-14-8-4-3-5-9-14/h3-5,8-9,12-13,16H,1-2,6-7,10-11,18H2,(H,20,21). The third kappa shape index (κ3) is 8.05. The third-order valence-corrected chi connectivity index (χ3v) is 3.27. The van der Waals surface area contributed by atoms with Crippen LogP contribution in [-0.2, 0) is 9.59 Å². The van der Waals surface area contributed by atoms with Crippen LogP contribution in [0.2, 0.25) is 0 Å². The number of nitrogens with two attached hydrogens (primary N) is 1. The predicted octanol–water partition coefficient (Wildman–Crippen LogP) is 3.02. The van der Waals surface area contributed by atoms with Crippen molar-refractivity contribution in [2.75, 3.05) is 0 Å². The topological polar surface area (TPSA) is 80.4 Å². The maximum atomic E-state index is 11.7. The summed E-state index contributed by atoms with van der Waals surface area (Å²) < 4.78 is 0. The van der Waals surface area contributed by atoms with Crippen LogP contribution < -0.4 is 5.73 Å². The van der Waals surface area contributed by atoms with E-state index in [-0.39, 0.29) is 5.78 Å². The van der Waals surface area contributed by atoms with Gasteiger partial charge in [-0.15, -0.1) is 0 Å². The van der Waals surface area contributed by atoms with Crippen molar-refractivity contribution in [3.63, 3.8) is 0 Å². The normalized spacial score (nSPS) is 12.4. The molecule has 0 fully saturated rings. The highest BCUT2D eigenvalue weighted by Crippen LogP contribution is 2.08. The largest absolute Gasteiger partial charge is 0.480 e. The first kappa shape index (κ1) is 17.1. The van der Waals surface area contributed by atoms with Crippen LogP contribution in [0.15, 0.2) is 36.4 Å². The molecule has 0 aliphatic heterocycles. The number of ketones is 1. The van der Waals surface area contributed by atoms with Crippen LogP contribution in [0.25, 0.3) is 6.08 Å². The van der Waals surface area contributed by atoms with Gasteiger partial charge in [-0.05, 0) is 24.5 Å². The minimum atomic E-state index is -0.948. The van der Waals surface area contributed by atoms with Gasteiger partial charge in [-0.25, -0.2) is 0 Å². The Labute approximate surface area is 125 Å². The van der Waals surface area contributed by atoms with Crippen molar-refractivity contribution in [1.29, 1.82) is 0 Å². The second-order valence-corrected chi connectivity index (χ2v) is 5.11. The van der Waals surface area contributed by atoms with Crippen molar-refractivity contribution in [3.8, 4) is 0 Å². The van der Waals surface area contributed by atoms with Crippen LogP contribution in [0, 0.1) is 0 Å². The van der Waals surface area contributed by atoms with Gasteiger partial charge < -0.3 is 10.8 Å². The number of benzene rings is 1. The summed E-state index contributed by atoms with van der Waals surface area (Å²) in [7, 11) is 0. The van der Waals surface area contributed by atoms with E-state index >= 15 is 0 Å². The molecule has 4 heteroatoms. The molecule has 0 amide bonds. The maximum Gasteiger partial charge on any atom is 0.320 e. The zero-order valence-electron chi connectivity index (χ0n) is 12.2. The maximum absolute atomic E-state index is 11.7. The Morgan fingerprint density at radius 1 is 1.10 bits per heavy atom. The minimum absolute atomic E-state index is 0.126. The number of carboxylic acid groups (broad SMARTS) is 1. The smallest absolute Gasteiger partial charge is 0.320 e. The first-order chi connectivity index (χ1) is 10.1. The highest BCUT2D eigenvalue weighted by Gasteiger charge is 2.09. The molecule has 1 atom stereocenters. The van der Waals surface area contributed by atoms with Crippen LogP contribution in [0.1, 0.15) is 44.1 Å². The van der Waals surface area contributed by atoms with E-state index in [9.17, 15) is 9.59 Å². The summed E-state index contributed by atoms with van der Waals surface area (Å²) in [4.78, 5) is 22.2. The summed E-state index contributed by atoms with van der Waals surface area (Å²) in [5.74, 6) is -0.822. The molecule has 0 aliphatic rings. The number of carboxylic acids is 1. The van der Waals surface area contributed by atoms with E-state index in [1.54, 1.807) is 6.08 Å². The molecular formula is C17H23NO3. The molecule has 0 saturated heterocycles. The van der Waals surface area contributed by atoms with Gasteiger partial charge in [0, 0.05) is 6.42 Å². The Hall–Kier alpha value is -1.94. The second-order valence-electron chi connectivity index (χ2n) is 5.11. The Morgan fingerprint density at radius 3 is 2.43 bits per heavy atom. The van der Waals surface area contributed by atoms with Crippen LogP contribution in [0.5, 0.6) is 0 Å². The Bertz CT molecular complexity index is 468. The lowest BCUT2D eigenvalue weighted by atomic mass is 10.1. The second kappa shape index (κ2) is 9.88. The van der Waals surface area contributed by atoms with Gasteiger partial charge in [0.1, 0.15) is 6.04 Å². The number of unbranched alkanes of at least 4 members (excludes halogenated alkanes) is 3. The summed E-state index contributed by atoms with van der Waals surface area (Å²) in [6.07, 6.45) is 7.95. The molecule has 1 aromatic carbocycles. The molecule has 1 rings (SSSR count). The molecule has 0 heterocycles. The summed E-state index contributed by atoms with van der Waals surface area (Å²) >= 11 is 0. The van der Waals surface area contributed by atoms with Gasteiger partial charge in [0.05, 0.1) is 0 Å². The number of allylic oxidation sites excluding steroid dienone is 1. The van der Waals surface area contributed by atoms with E-state index < -0.39 is 12.0 Å². The molecule has 4 nitrogen and oxygen atoms in total. The zero-order valence-corrected chi connectivity index (χ0v) is 12.2. The van der Waals surface area contributed by atoms with Crippen molar-refractivity contribution in [1.82, 2.24) is 0 Å². The fraction of sp³-hybridized carbons (Fsp3) is 0.412. The highest BCUT2D eigenvalue weighted by molar-refractivity contribution is 5.93. The first-order valence-corrected chi connectivity index (χ1v) is 7.34. The summed E-state index contributed by atoms with van der Waals surface area (Å²) in [6, 6.07) is 8.96. The number of hydrogen-bond acceptors (Lipinski definition) is 3. The lowest BCUT2D eigenvalue weighted by Crippen LogP contribution is -2.29. The van der Waals surface area contributed by atoms with Crippen molar-refractivity contribution >= 4 is 17.8 Å². The van der Waals surface area contributed by atoms with Gasteiger partial charge in [0.25, 0.3) is 0 Å². The van der Waals surface area contributed by atoms with Crippen molar-refractivity contribution in [2.24, 2.45) is 5.73 Å². The Kier molecular flexibility index (Phi) is 8.05. The van der Waals surface area contributed by atoms with Gasteiger partial charge in [-0.2, -0.15) is 0 Å². The fourth-order valence-electron chi connectivity index (χ4n) is 1.98. The van der Waals surface area contributed by atoms with Crippen molar-refractivity contribution in [3.05, 3.63) is 42.0 Å². The van der Waals surface area contributed by atoms with Gasteiger partial charge in [0.15, 0.2) is 5.78 Å². The van der Waals surface area contributed by atoms with Crippen LogP contribution in [0.4, 0.5) is 0 Å². The highest BCUT2D eigenvalue weighted by atomic mass is 16.4. The monoisotopic (exact) mass is 289 g/mol. The average Bonchev–Trinajstić information content (AvgIpc) is 2.49. The quantitative estimate of drug-likeness (QED) is 0.512. The molecule has 0 aliphatic carbocycles. The van der Waals surface area contributed by atoms with Crippen molar-refractivity contribution < 1.29 is 14.7 Å². The van der Waals surface area contributed by atoms with E-state index in [0.717, 1.165) is 31.2 Å². The Balaban J connectivity index is 2.09. The van der Waals surface area contributed by atoms with Crippen molar-refractivity contribution in [2.45, 2.75) is 44.6 Å². The van der Waals surface area contributed by atoms with Gasteiger partial charge in [0.2, 0.25) is 0 Å². The van der Waals surface area contributed by atoms with Crippen LogP contribution in [-0.4, -0.2) is 22.9 Å². The summed E-state index contributed by atoms with van der Waals surface area (Å²) in [5.41, 5.74) is 6.43. The lowest BCUT2D eigenvalue weighted by molar-refractivity contribution is -0.138. The number of carbonyl (C=O) groups excluding carboxylic acids is 1. The van der Waals surface area contributed by atoms with E-state index in [1.165, 1.54) is 0 Å². The number of hydrogen-bond donors (Lipinski definition) is 2. The number of aliphatic carboxylic acids is 1. The van der Waals surface area contributed by atoms with E-state index in [1.807, 2.05) is 36.4 Å². The molecule has 114 valence electrons. The molecule has 0 saturated carbocycles. The SMILES string of the molecule is NC(CCCCCCC(=O)C=Cc1ccccc1)C(=O)O. The summed E-state index contributed by atoms with van der Waals surface area (Å²) in [6.45, 7) is 0. The summed E-state index contributed by atoms with van der Waals surface area (Å²) in [5, 5.41) is 8.63. The number of rotatable bonds is 10. The molecule has 0 radical (unpaired) electrons. The average molecular weight is 289 g/mol. The minimum Gasteiger partial charge on any atom is -0.480 e. The molecule has 0 aromatic heterocycles. The predicted molar refractivity (Wildman–Crippen MR) is 83.8 cm³/mol. The fourth-order valence-corrected chi connectivity index (χ4v) is 1.98. The van der Waals surface area contributed by atoms with Gasteiger partial charge in [-0.3, -0.25) is 9.59 Å².